The lowest BCUT2D eigenvalue weighted by molar-refractivity contribution is 0.0946. The van der Waals surface area contributed by atoms with Gasteiger partial charge >= 0.3 is 0 Å². The Morgan fingerprint density at radius 1 is 1.15 bits per heavy atom. The predicted molar refractivity (Wildman–Crippen MR) is 98.9 cm³/mol. The fraction of sp³-hybridized carbons (Fsp3) is 0.278. The van der Waals surface area contributed by atoms with Gasteiger partial charge in [-0.05, 0) is 37.1 Å². The maximum Gasteiger partial charge on any atom is 0.273 e. The summed E-state index contributed by atoms with van der Waals surface area (Å²) in [5, 5.41) is 21.0. The van der Waals surface area contributed by atoms with Crippen molar-refractivity contribution in [1.82, 2.24) is 25.7 Å². The van der Waals surface area contributed by atoms with Gasteiger partial charge in [-0.15, -0.1) is 10.2 Å². The highest BCUT2D eigenvalue weighted by atomic mass is 16.5. The fourth-order valence-corrected chi connectivity index (χ4v) is 2.49. The third kappa shape index (κ3) is 4.57. The lowest BCUT2D eigenvalue weighted by Gasteiger charge is -2.07. The van der Waals surface area contributed by atoms with Crippen molar-refractivity contribution < 1.29 is 9.32 Å². The largest absolute Gasteiger partial charge is 0.367 e. The quantitative estimate of drug-likeness (QED) is 0.521. The van der Waals surface area contributed by atoms with Crippen molar-refractivity contribution >= 4 is 23.2 Å². The summed E-state index contributed by atoms with van der Waals surface area (Å²) in [6, 6.07) is 9.08. The van der Waals surface area contributed by atoms with E-state index >= 15 is 0 Å². The minimum absolute atomic E-state index is 0.241. The van der Waals surface area contributed by atoms with Crippen LogP contribution >= 0.6 is 0 Å². The molecule has 1 aliphatic rings. The van der Waals surface area contributed by atoms with Crippen molar-refractivity contribution in [2.45, 2.75) is 18.8 Å². The van der Waals surface area contributed by atoms with E-state index in [1.807, 2.05) is 24.3 Å². The average Bonchev–Trinajstić information content (AvgIpc) is 3.44. The molecule has 9 heteroatoms. The van der Waals surface area contributed by atoms with Gasteiger partial charge in [-0.25, -0.2) is 0 Å². The van der Waals surface area contributed by atoms with Crippen molar-refractivity contribution in [3.63, 3.8) is 0 Å². The molecule has 9 nitrogen and oxygen atoms in total. The van der Waals surface area contributed by atoms with Gasteiger partial charge in [0.25, 0.3) is 5.91 Å². The molecule has 0 unspecified atom stereocenters. The van der Waals surface area contributed by atoms with Crippen LogP contribution in [0.5, 0.6) is 0 Å². The second-order valence-corrected chi connectivity index (χ2v) is 6.24. The highest BCUT2D eigenvalue weighted by Crippen LogP contribution is 2.40. The van der Waals surface area contributed by atoms with E-state index in [1.165, 1.54) is 0 Å². The molecule has 3 aromatic heterocycles. The van der Waals surface area contributed by atoms with Gasteiger partial charge < -0.3 is 20.5 Å². The van der Waals surface area contributed by atoms with E-state index in [1.54, 1.807) is 18.5 Å². The first kappa shape index (κ1) is 17.0. The third-order valence-electron chi connectivity index (χ3n) is 4.06. The standard InChI is InChI=1S/C18H19N7O2/c26-18(14-10-15(27-25-14)12-3-4-12)21-9-8-20-16-5-6-17(24-23-16)22-13-2-1-7-19-11-13/h1-2,5-7,10-12H,3-4,8-9H2,(H,20,23)(H,21,26)(H,22,24). The number of anilines is 3. The summed E-state index contributed by atoms with van der Waals surface area (Å²) in [6.07, 6.45) is 5.63. The van der Waals surface area contributed by atoms with Crippen LogP contribution < -0.4 is 16.0 Å². The number of rotatable bonds is 8. The van der Waals surface area contributed by atoms with E-state index in [9.17, 15) is 4.79 Å². The van der Waals surface area contributed by atoms with Gasteiger partial charge in [-0.1, -0.05) is 5.16 Å². The number of aromatic nitrogens is 4. The van der Waals surface area contributed by atoms with E-state index in [0.29, 0.717) is 36.3 Å². The highest BCUT2D eigenvalue weighted by Gasteiger charge is 2.28. The average molecular weight is 365 g/mol. The normalized spacial score (nSPS) is 13.2. The number of hydrogen-bond donors (Lipinski definition) is 3. The van der Waals surface area contributed by atoms with Crippen molar-refractivity contribution in [3.05, 3.63) is 54.2 Å². The van der Waals surface area contributed by atoms with E-state index in [-0.39, 0.29) is 5.91 Å². The molecule has 1 aliphatic carbocycles. The SMILES string of the molecule is O=C(NCCNc1ccc(Nc2cccnc2)nn1)c1cc(C2CC2)on1. The van der Waals surface area contributed by atoms with Crippen LogP contribution in [-0.4, -0.2) is 39.3 Å². The highest BCUT2D eigenvalue weighted by molar-refractivity contribution is 5.92. The molecule has 3 aromatic rings. The molecule has 27 heavy (non-hydrogen) atoms. The molecule has 138 valence electrons. The summed E-state index contributed by atoms with van der Waals surface area (Å²) >= 11 is 0. The van der Waals surface area contributed by atoms with Crippen LogP contribution in [0.1, 0.15) is 35.0 Å². The van der Waals surface area contributed by atoms with Gasteiger partial charge in [-0.3, -0.25) is 9.78 Å². The summed E-state index contributed by atoms with van der Waals surface area (Å²) in [7, 11) is 0. The molecule has 3 N–H and O–H groups in total. The number of nitrogens with zero attached hydrogens (tertiary/aromatic N) is 4. The Labute approximate surface area is 155 Å². The van der Waals surface area contributed by atoms with Gasteiger partial charge in [0.1, 0.15) is 11.6 Å². The zero-order valence-electron chi connectivity index (χ0n) is 14.6. The van der Waals surface area contributed by atoms with E-state index in [4.69, 9.17) is 4.52 Å². The zero-order chi connectivity index (χ0) is 18.5. The molecule has 0 atom stereocenters. The second-order valence-electron chi connectivity index (χ2n) is 6.24. The number of amides is 1. The smallest absolute Gasteiger partial charge is 0.273 e. The molecule has 0 aliphatic heterocycles. The molecule has 1 fully saturated rings. The van der Waals surface area contributed by atoms with Crippen LogP contribution in [0.25, 0.3) is 0 Å². The predicted octanol–water partition coefficient (Wildman–Crippen LogP) is 2.32. The zero-order valence-corrected chi connectivity index (χ0v) is 14.6. The molecule has 4 rings (SSSR count). The Hall–Kier alpha value is -3.49. The van der Waals surface area contributed by atoms with E-state index in [2.05, 4.69) is 36.3 Å². The maximum atomic E-state index is 12.0. The fourth-order valence-electron chi connectivity index (χ4n) is 2.49. The first-order valence-electron chi connectivity index (χ1n) is 8.77. The van der Waals surface area contributed by atoms with Crippen LogP contribution in [0, 0.1) is 0 Å². The number of carbonyl (C=O) groups excluding carboxylic acids is 1. The minimum atomic E-state index is -0.241. The number of hydrogen-bond acceptors (Lipinski definition) is 8. The van der Waals surface area contributed by atoms with Gasteiger partial charge in [-0.2, -0.15) is 0 Å². The summed E-state index contributed by atoms with van der Waals surface area (Å²) in [6.45, 7) is 0.949. The maximum absolute atomic E-state index is 12.0. The third-order valence-corrected chi connectivity index (χ3v) is 4.06. The summed E-state index contributed by atoms with van der Waals surface area (Å²) in [5.41, 5.74) is 1.16. The molecule has 0 spiro atoms. The lowest BCUT2D eigenvalue weighted by Crippen LogP contribution is -2.29. The van der Waals surface area contributed by atoms with Crippen molar-refractivity contribution in [2.24, 2.45) is 0 Å². The monoisotopic (exact) mass is 365 g/mol. The molecular formula is C18H19N7O2. The van der Waals surface area contributed by atoms with Gasteiger partial charge in [0, 0.05) is 31.3 Å². The van der Waals surface area contributed by atoms with Crippen LogP contribution in [0.15, 0.2) is 47.2 Å². The van der Waals surface area contributed by atoms with Crippen LogP contribution in [0.4, 0.5) is 17.3 Å². The van der Waals surface area contributed by atoms with Crippen LogP contribution in [0.3, 0.4) is 0 Å². The molecule has 0 bridgehead atoms. The van der Waals surface area contributed by atoms with Crippen LogP contribution in [0.2, 0.25) is 0 Å². The first-order chi connectivity index (χ1) is 13.3. The summed E-state index contributed by atoms with van der Waals surface area (Å²) < 4.78 is 5.18. The number of carbonyl (C=O) groups is 1. The van der Waals surface area contributed by atoms with Gasteiger partial charge in [0.15, 0.2) is 11.5 Å². The molecule has 0 saturated heterocycles. The molecule has 3 heterocycles. The van der Waals surface area contributed by atoms with Gasteiger partial charge in [0.05, 0.1) is 11.9 Å². The number of nitrogens with one attached hydrogen (secondary N) is 3. The molecule has 1 saturated carbocycles. The Morgan fingerprint density at radius 3 is 2.74 bits per heavy atom. The van der Waals surface area contributed by atoms with Crippen molar-refractivity contribution in [3.8, 4) is 0 Å². The Kier molecular flexibility index (Phi) is 4.91. The van der Waals surface area contributed by atoms with Gasteiger partial charge in [0.2, 0.25) is 0 Å². The topological polar surface area (TPSA) is 118 Å². The molecule has 0 radical (unpaired) electrons. The first-order valence-corrected chi connectivity index (χ1v) is 8.77. The van der Waals surface area contributed by atoms with E-state index < -0.39 is 0 Å². The molecule has 1 amide bonds. The molecule has 0 aromatic carbocycles. The Morgan fingerprint density at radius 2 is 2.00 bits per heavy atom. The lowest BCUT2D eigenvalue weighted by atomic mass is 10.3. The second kappa shape index (κ2) is 7.81. The Bertz CT molecular complexity index is 892. The molecular weight excluding hydrogens is 346 g/mol. The van der Waals surface area contributed by atoms with Crippen molar-refractivity contribution in [2.75, 3.05) is 23.7 Å². The van der Waals surface area contributed by atoms with Crippen molar-refractivity contribution in [1.29, 1.82) is 0 Å². The Balaban J connectivity index is 1.20. The summed E-state index contributed by atoms with van der Waals surface area (Å²) in [4.78, 5) is 16.1. The summed E-state index contributed by atoms with van der Waals surface area (Å²) in [5.74, 6) is 2.25. The number of pyridine rings is 1. The van der Waals surface area contributed by atoms with E-state index in [0.717, 1.165) is 24.3 Å². The minimum Gasteiger partial charge on any atom is -0.367 e. The van der Waals surface area contributed by atoms with Crippen LogP contribution in [-0.2, 0) is 0 Å².